The smallest absolute Gasteiger partial charge is 0.407 e. The van der Waals surface area contributed by atoms with E-state index in [0.717, 1.165) is 18.1 Å². The van der Waals surface area contributed by atoms with Crippen molar-refractivity contribution in [3.63, 3.8) is 0 Å². The molecule has 1 aromatic heterocycles. The number of hydrogen-bond acceptors (Lipinski definition) is 4. The maximum absolute atomic E-state index is 10.9. The molecule has 6 heteroatoms. The molecule has 1 N–H and O–H groups in total. The minimum atomic E-state index is -0.818. The molecule has 2 heterocycles. The second-order valence-electron chi connectivity index (χ2n) is 4.41. The fourth-order valence-corrected chi connectivity index (χ4v) is 2.86. The van der Waals surface area contributed by atoms with Crippen LogP contribution in [-0.4, -0.2) is 51.7 Å². The molecular formula is C11H17N3O2S. The van der Waals surface area contributed by atoms with Crippen LogP contribution in [0.15, 0.2) is 6.20 Å². The normalized spacial score (nSPS) is 21.8. The molecule has 0 aliphatic carbocycles. The van der Waals surface area contributed by atoms with Gasteiger partial charge in [0.25, 0.3) is 0 Å². The minimum Gasteiger partial charge on any atom is -0.465 e. The van der Waals surface area contributed by atoms with Crippen molar-refractivity contribution >= 4 is 17.4 Å². The quantitative estimate of drug-likeness (QED) is 0.872. The van der Waals surface area contributed by atoms with Crippen LogP contribution in [0.3, 0.4) is 0 Å². The monoisotopic (exact) mass is 255 g/mol. The highest BCUT2D eigenvalue weighted by Gasteiger charge is 2.26. The summed E-state index contributed by atoms with van der Waals surface area (Å²) in [6, 6.07) is 0.254. The van der Waals surface area contributed by atoms with Crippen LogP contribution >= 0.6 is 11.3 Å². The summed E-state index contributed by atoms with van der Waals surface area (Å²) in [7, 11) is 0. The van der Waals surface area contributed by atoms with Crippen molar-refractivity contribution in [2.24, 2.45) is 0 Å². The third-order valence-corrected chi connectivity index (χ3v) is 3.94. The van der Waals surface area contributed by atoms with E-state index in [-0.39, 0.29) is 6.04 Å². The van der Waals surface area contributed by atoms with Gasteiger partial charge >= 0.3 is 6.09 Å². The lowest BCUT2D eigenvalue weighted by molar-refractivity contribution is 0.0712. The maximum atomic E-state index is 10.9. The zero-order chi connectivity index (χ0) is 12.4. The van der Waals surface area contributed by atoms with Crippen molar-refractivity contribution in [2.45, 2.75) is 26.4 Å². The van der Waals surface area contributed by atoms with E-state index in [1.165, 1.54) is 9.78 Å². The molecule has 1 aliphatic rings. The number of piperazine rings is 1. The number of hydrogen-bond donors (Lipinski definition) is 1. The van der Waals surface area contributed by atoms with Gasteiger partial charge in [0.1, 0.15) is 5.01 Å². The lowest BCUT2D eigenvalue weighted by atomic mass is 10.2. The van der Waals surface area contributed by atoms with Gasteiger partial charge in [-0.05, 0) is 13.8 Å². The summed E-state index contributed by atoms with van der Waals surface area (Å²) in [5.41, 5.74) is 0. The fraction of sp³-hybridized carbons (Fsp3) is 0.636. The Morgan fingerprint density at radius 3 is 2.94 bits per heavy atom. The molecule has 0 unspecified atom stereocenters. The average molecular weight is 255 g/mol. The van der Waals surface area contributed by atoms with Gasteiger partial charge in [0.15, 0.2) is 0 Å². The topological polar surface area (TPSA) is 56.7 Å². The number of aryl methyl sites for hydroxylation is 1. The molecule has 0 bridgehead atoms. The van der Waals surface area contributed by atoms with Crippen molar-refractivity contribution in [3.05, 3.63) is 16.1 Å². The van der Waals surface area contributed by atoms with Crippen molar-refractivity contribution in [3.8, 4) is 0 Å². The van der Waals surface area contributed by atoms with Gasteiger partial charge in [-0.2, -0.15) is 0 Å². The van der Waals surface area contributed by atoms with E-state index in [4.69, 9.17) is 5.11 Å². The predicted molar refractivity (Wildman–Crippen MR) is 66.3 cm³/mol. The standard InChI is InChI=1S/C11H17N3O2S/c1-8-6-14(11(15)16)4-3-13(8)7-10-12-5-9(2)17-10/h5,8H,3-4,6-7H2,1-2H3,(H,15,16)/t8-/m0/s1. The first kappa shape index (κ1) is 12.3. The van der Waals surface area contributed by atoms with Gasteiger partial charge in [-0.25, -0.2) is 9.78 Å². The zero-order valence-corrected chi connectivity index (χ0v) is 10.9. The lowest BCUT2D eigenvalue weighted by Crippen LogP contribution is -2.52. The highest BCUT2D eigenvalue weighted by atomic mass is 32.1. The van der Waals surface area contributed by atoms with Gasteiger partial charge in [0, 0.05) is 36.8 Å². The van der Waals surface area contributed by atoms with Crippen molar-refractivity contribution in [1.29, 1.82) is 0 Å². The predicted octanol–water partition coefficient (Wildman–Crippen LogP) is 1.64. The summed E-state index contributed by atoms with van der Waals surface area (Å²) in [6.45, 7) is 6.89. The van der Waals surface area contributed by atoms with Crippen LogP contribution in [0.5, 0.6) is 0 Å². The SMILES string of the molecule is Cc1cnc(CN2CCN(C(=O)O)C[C@@H]2C)s1. The van der Waals surface area contributed by atoms with Crippen LogP contribution in [0.1, 0.15) is 16.8 Å². The number of carboxylic acid groups (broad SMARTS) is 1. The van der Waals surface area contributed by atoms with Crippen molar-refractivity contribution in [1.82, 2.24) is 14.8 Å². The molecule has 1 atom stereocenters. The van der Waals surface area contributed by atoms with E-state index < -0.39 is 6.09 Å². The first-order valence-corrected chi connectivity index (χ1v) is 6.51. The zero-order valence-electron chi connectivity index (χ0n) is 10.1. The number of amides is 1. The molecule has 1 amide bonds. The Labute approximate surface area is 105 Å². The maximum Gasteiger partial charge on any atom is 0.407 e. The number of nitrogens with zero attached hydrogens (tertiary/aromatic N) is 3. The first-order valence-electron chi connectivity index (χ1n) is 5.69. The van der Waals surface area contributed by atoms with Crippen LogP contribution in [0, 0.1) is 6.92 Å². The molecule has 5 nitrogen and oxygen atoms in total. The van der Waals surface area contributed by atoms with E-state index >= 15 is 0 Å². The molecule has 0 aromatic carbocycles. The van der Waals surface area contributed by atoms with Crippen molar-refractivity contribution < 1.29 is 9.90 Å². The molecule has 0 radical (unpaired) electrons. The highest BCUT2D eigenvalue weighted by Crippen LogP contribution is 2.17. The van der Waals surface area contributed by atoms with E-state index in [1.54, 1.807) is 11.3 Å². The Morgan fingerprint density at radius 2 is 2.41 bits per heavy atom. The van der Waals surface area contributed by atoms with Crippen LogP contribution in [-0.2, 0) is 6.54 Å². The molecule has 17 heavy (non-hydrogen) atoms. The first-order chi connectivity index (χ1) is 8.06. The van der Waals surface area contributed by atoms with Gasteiger partial charge in [0.2, 0.25) is 0 Å². The second-order valence-corrected chi connectivity index (χ2v) is 5.73. The van der Waals surface area contributed by atoms with E-state index in [1.807, 2.05) is 13.1 Å². The van der Waals surface area contributed by atoms with Gasteiger partial charge in [-0.15, -0.1) is 11.3 Å². The second kappa shape index (κ2) is 5.01. The molecule has 1 fully saturated rings. The molecule has 1 aliphatic heterocycles. The number of thiazole rings is 1. The Hall–Kier alpha value is -1.14. The van der Waals surface area contributed by atoms with Crippen LogP contribution < -0.4 is 0 Å². The summed E-state index contributed by atoms with van der Waals surface area (Å²) in [5, 5.41) is 10.0. The Kier molecular flexibility index (Phi) is 3.63. The highest BCUT2D eigenvalue weighted by molar-refractivity contribution is 7.11. The van der Waals surface area contributed by atoms with Gasteiger partial charge < -0.3 is 10.0 Å². The molecule has 0 spiro atoms. The number of carbonyl (C=O) groups is 1. The molecule has 2 rings (SSSR count). The van der Waals surface area contributed by atoms with E-state index in [2.05, 4.69) is 16.8 Å². The lowest BCUT2D eigenvalue weighted by Gasteiger charge is -2.38. The summed E-state index contributed by atoms with van der Waals surface area (Å²) < 4.78 is 0. The summed E-state index contributed by atoms with van der Waals surface area (Å²) in [5.74, 6) is 0. The van der Waals surface area contributed by atoms with Crippen LogP contribution in [0.4, 0.5) is 4.79 Å². The molecule has 1 saturated heterocycles. The summed E-state index contributed by atoms with van der Waals surface area (Å²) in [4.78, 5) is 20.2. The Bertz CT molecular complexity index is 407. The number of rotatable bonds is 2. The van der Waals surface area contributed by atoms with E-state index in [0.29, 0.717) is 13.1 Å². The average Bonchev–Trinajstić information content (AvgIpc) is 2.67. The third kappa shape index (κ3) is 2.95. The fourth-order valence-electron chi connectivity index (χ4n) is 2.05. The van der Waals surface area contributed by atoms with Crippen LogP contribution in [0.2, 0.25) is 0 Å². The molecular weight excluding hydrogens is 238 g/mol. The molecule has 1 aromatic rings. The summed E-state index contributed by atoms with van der Waals surface area (Å²) >= 11 is 1.71. The molecule has 94 valence electrons. The van der Waals surface area contributed by atoms with Crippen LogP contribution in [0.25, 0.3) is 0 Å². The third-order valence-electron chi connectivity index (χ3n) is 3.04. The van der Waals surface area contributed by atoms with Gasteiger partial charge in [-0.3, -0.25) is 4.90 Å². The number of aromatic nitrogens is 1. The Morgan fingerprint density at radius 1 is 1.65 bits per heavy atom. The largest absolute Gasteiger partial charge is 0.465 e. The molecule has 0 saturated carbocycles. The van der Waals surface area contributed by atoms with Gasteiger partial charge in [0.05, 0.1) is 6.54 Å². The van der Waals surface area contributed by atoms with Crippen molar-refractivity contribution in [2.75, 3.05) is 19.6 Å². The van der Waals surface area contributed by atoms with Gasteiger partial charge in [-0.1, -0.05) is 0 Å². The summed E-state index contributed by atoms with van der Waals surface area (Å²) in [6.07, 6.45) is 1.07. The minimum absolute atomic E-state index is 0.254. The van der Waals surface area contributed by atoms with E-state index in [9.17, 15) is 4.79 Å². The Balaban J connectivity index is 1.93.